The summed E-state index contributed by atoms with van der Waals surface area (Å²) in [7, 11) is 0. The van der Waals surface area contributed by atoms with Crippen molar-refractivity contribution in [1.29, 1.82) is 0 Å². The van der Waals surface area contributed by atoms with Crippen molar-refractivity contribution in [2.45, 2.75) is 12.5 Å². The number of carboxylic acids is 1. The molecule has 0 radical (unpaired) electrons. The Bertz CT molecular complexity index is 459. The third kappa shape index (κ3) is 3.56. The number of carbonyl (C=O) groups excluding carboxylic acids is 2. The number of carboxylic acid groups (broad SMARTS) is 1. The fourth-order valence-electron chi connectivity index (χ4n) is 1.31. The molecule has 7 heteroatoms. The fraction of sp³-hybridized carbons (Fsp3) is 0.182. The van der Waals surface area contributed by atoms with Crippen molar-refractivity contribution in [1.82, 2.24) is 0 Å². The lowest BCUT2D eigenvalue weighted by Gasteiger charge is -2.09. The van der Waals surface area contributed by atoms with Crippen LogP contribution in [0.4, 0.5) is 0 Å². The van der Waals surface area contributed by atoms with Crippen LogP contribution >= 0.6 is 0 Å². The largest absolute Gasteiger partial charge is 0.480 e. The molecule has 0 aliphatic carbocycles. The number of nitrogens with two attached hydrogens (primary N) is 1. The zero-order chi connectivity index (χ0) is 13.5. The van der Waals surface area contributed by atoms with Gasteiger partial charge in [0.15, 0.2) is 11.5 Å². The summed E-state index contributed by atoms with van der Waals surface area (Å²) in [6.45, 7) is 0.365. The van der Waals surface area contributed by atoms with Crippen LogP contribution in [0.2, 0.25) is 0 Å². The third-order valence-electron chi connectivity index (χ3n) is 2.13. The zero-order valence-corrected chi connectivity index (χ0v) is 9.24. The average Bonchev–Trinajstić information content (AvgIpc) is 2.33. The second kappa shape index (κ2) is 6.36. The van der Waals surface area contributed by atoms with E-state index >= 15 is 0 Å². The smallest absolute Gasteiger partial charge is 0.320 e. The van der Waals surface area contributed by atoms with E-state index in [1.54, 1.807) is 0 Å². The highest BCUT2D eigenvalue weighted by molar-refractivity contribution is 5.73. The molecule has 1 unspecified atom stereocenters. The Hall–Kier alpha value is -2.41. The molecule has 0 aliphatic heterocycles. The van der Waals surface area contributed by atoms with Crippen molar-refractivity contribution in [3.8, 4) is 11.5 Å². The Labute approximate surface area is 102 Å². The molecule has 1 rings (SSSR count). The minimum Gasteiger partial charge on any atom is -0.480 e. The molecule has 18 heavy (non-hydrogen) atoms. The molecule has 1 atom stereocenters. The summed E-state index contributed by atoms with van der Waals surface area (Å²) in [5, 5.41) is 8.67. The maximum atomic E-state index is 10.6. The van der Waals surface area contributed by atoms with E-state index in [2.05, 4.69) is 9.47 Å². The second-order valence-electron chi connectivity index (χ2n) is 3.36. The van der Waals surface area contributed by atoms with Gasteiger partial charge in [0.05, 0.1) is 0 Å². The fourth-order valence-corrected chi connectivity index (χ4v) is 1.31. The van der Waals surface area contributed by atoms with Gasteiger partial charge < -0.3 is 20.3 Å². The van der Waals surface area contributed by atoms with Gasteiger partial charge in [-0.05, 0) is 24.1 Å². The Morgan fingerprint density at radius 3 is 2.44 bits per heavy atom. The van der Waals surface area contributed by atoms with Crippen LogP contribution in [0.1, 0.15) is 5.56 Å². The van der Waals surface area contributed by atoms with Gasteiger partial charge in [-0.1, -0.05) is 6.07 Å². The van der Waals surface area contributed by atoms with Crippen LogP contribution in [0.3, 0.4) is 0 Å². The van der Waals surface area contributed by atoms with E-state index in [1.807, 2.05) is 0 Å². The van der Waals surface area contributed by atoms with E-state index < -0.39 is 12.0 Å². The number of carbonyl (C=O) groups is 3. The first-order chi connectivity index (χ1) is 8.58. The highest BCUT2D eigenvalue weighted by Crippen LogP contribution is 2.28. The van der Waals surface area contributed by atoms with Gasteiger partial charge in [-0.2, -0.15) is 0 Å². The van der Waals surface area contributed by atoms with Gasteiger partial charge in [0.2, 0.25) is 0 Å². The number of benzene rings is 1. The molecule has 0 saturated carbocycles. The van der Waals surface area contributed by atoms with E-state index in [9.17, 15) is 14.4 Å². The molecule has 3 N–H and O–H groups in total. The number of aliphatic carboxylic acids is 1. The van der Waals surface area contributed by atoms with Crippen LogP contribution in [0, 0.1) is 0 Å². The minimum atomic E-state index is -1.14. The number of hydrogen-bond donors (Lipinski definition) is 2. The second-order valence-corrected chi connectivity index (χ2v) is 3.36. The molecule has 0 aliphatic rings. The standard InChI is InChI=1S/C11H11NO6/c12-8(11(15)16)3-7-1-2-9(17-5-13)10(4-7)18-6-14/h1-2,4-6,8H,3,12H2,(H,15,16). The molecule has 0 fully saturated rings. The average molecular weight is 253 g/mol. The number of rotatable bonds is 7. The van der Waals surface area contributed by atoms with Gasteiger partial charge in [-0.3, -0.25) is 14.4 Å². The normalized spacial score (nSPS) is 11.4. The van der Waals surface area contributed by atoms with Crippen molar-refractivity contribution >= 4 is 18.9 Å². The molecule has 0 saturated heterocycles. The summed E-state index contributed by atoms with van der Waals surface area (Å²) in [4.78, 5) is 31.1. The summed E-state index contributed by atoms with van der Waals surface area (Å²) >= 11 is 0. The summed E-state index contributed by atoms with van der Waals surface area (Å²) in [5.74, 6) is -1.06. The molecule has 0 aromatic heterocycles. The van der Waals surface area contributed by atoms with Crippen LogP contribution in [-0.2, 0) is 20.8 Å². The van der Waals surface area contributed by atoms with Crippen LogP contribution in [0.15, 0.2) is 18.2 Å². The van der Waals surface area contributed by atoms with Gasteiger partial charge in [0, 0.05) is 0 Å². The molecule has 0 heterocycles. The van der Waals surface area contributed by atoms with Crippen LogP contribution < -0.4 is 15.2 Å². The van der Waals surface area contributed by atoms with Gasteiger partial charge in [0.1, 0.15) is 6.04 Å². The Balaban J connectivity index is 2.94. The maximum absolute atomic E-state index is 10.6. The van der Waals surface area contributed by atoms with Gasteiger partial charge in [-0.25, -0.2) is 0 Å². The predicted molar refractivity (Wildman–Crippen MR) is 59.1 cm³/mol. The first-order valence-electron chi connectivity index (χ1n) is 4.90. The lowest BCUT2D eigenvalue weighted by atomic mass is 10.1. The highest BCUT2D eigenvalue weighted by Gasteiger charge is 2.14. The van der Waals surface area contributed by atoms with E-state index in [0.29, 0.717) is 5.56 Å². The third-order valence-corrected chi connectivity index (χ3v) is 2.13. The monoisotopic (exact) mass is 253 g/mol. The van der Waals surface area contributed by atoms with Crippen LogP contribution in [-0.4, -0.2) is 30.1 Å². The summed E-state index contributed by atoms with van der Waals surface area (Å²) in [5.41, 5.74) is 5.91. The Kier molecular flexibility index (Phi) is 4.82. The first-order valence-corrected chi connectivity index (χ1v) is 4.90. The molecule has 1 aromatic carbocycles. The first kappa shape index (κ1) is 13.7. The van der Waals surface area contributed by atoms with Crippen molar-refractivity contribution in [3.05, 3.63) is 23.8 Å². The van der Waals surface area contributed by atoms with E-state index in [0.717, 1.165) is 0 Å². The molecular formula is C11H11NO6. The highest BCUT2D eigenvalue weighted by atomic mass is 16.6. The lowest BCUT2D eigenvalue weighted by molar-refractivity contribution is -0.138. The summed E-state index contributed by atoms with van der Waals surface area (Å²) in [6.07, 6.45) is 0.0614. The van der Waals surface area contributed by atoms with Crippen molar-refractivity contribution < 1.29 is 29.0 Å². The topological polar surface area (TPSA) is 116 Å². The van der Waals surface area contributed by atoms with Crippen molar-refractivity contribution in [2.75, 3.05) is 0 Å². The van der Waals surface area contributed by atoms with Gasteiger partial charge in [-0.15, -0.1) is 0 Å². The van der Waals surface area contributed by atoms with Crippen molar-refractivity contribution in [3.63, 3.8) is 0 Å². The number of hydrogen-bond acceptors (Lipinski definition) is 6. The van der Waals surface area contributed by atoms with Gasteiger partial charge in [0.25, 0.3) is 12.9 Å². The SMILES string of the molecule is NC(Cc1ccc(OC=O)c(OC=O)c1)C(=O)O. The van der Waals surface area contributed by atoms with Crippen molar-refractivity contribution in [2.24, 2.45) is 5.73 Å². The van der Waals surface area contributed by atoms with E-state index in [-0.39, 0.29) is 30.9 Å². The maximum Gasteiger partial charge on any atom is 0.320 e. The molecule has 1 aromatic rings. The minimum absolute atomic E-state index is 0.0205. The molecular weight excluding hydrogens is 242 g/mol. The zero-order valence-electron chi connectivity index (χ0n) is 9.24. The van der Waals surface area contributed by atoms with Gasteiger partial charge >= 0.3 is 5.97 Å². The molecule has 7 nitrogen and oxygen atoms in total. The molecule has 0 bridgehead atoms. The Morgan fingerprint density at radius 1 is 1.28 bits per heavy atom. The van der Waals surface area contributed by atoms with E-state index in [4.69, 9.17) is 10.8 Å². The quantitative estimate of drug-likeness (QED) is 0.641. The summed E-state index contributed by atoms with van der Waals surface area (Å²) in [6, 6.07) is 3.24. The van der Waals surface area contributed by atoms with E-state index in [1.165, 1.54) is 18.2 Å². The van der Waals surface area contributed by atoms with Crippen LogP contribution in [0.25, 0.3) is 0 Å². The molecule has 0 spiro atoms. The van der Waals surface area contributed by atoms with Crippen LogP contribution in [0.5, 0.6) is 11.5 Å². The predicted octanol–water partition coefficient (Wildman–Crippen LogP) is -0.289. The Morgan fingerprint density at radius 2 is 1.89 bits per heavy atom. The number of ether oxygens (including phenoxy) is 2. The molecule has 0 amide bonds. The summed E-state index contributed by atoms with van der Waals surface area (Å²) < 4.78 is 9.20. The molecule has 96 valence electrons. The lowest BCUT2D eigenvalue weighted by Crippen LogP contribution is -2.32.